The van der Waals surface area contributed by atoms with Crippen LogP contribution in [0.2, 0.25) is 0 Å². The summed E-state index contributed by atoms with van der Waals surface area (Å²) in [4.78, 5) is 0.144. The summed E-state index contributed by atoms with van der Waals surface area (Å²) in [6.45, 7) is 5.19. The third-order valence-corrected chi connectivity index (χ3v) is 5.73. The van der Waals surface area contributed by atoms with Gasteiger partial charge in [-0.1, -0.05) is 19.9 Å². The molecule has 132 valence electrons. The average Bonchev–Trinajstić information content (AvgIpc) is 2.51. The van der Waals surface area contributed by atoms with E-state index in [9.17, 15) is 8.42 Å². The molecular weight excluding hydrogens is 340 g/mol. The molecule has 0 bridgehead atoms. The first-order valence-electron chi connectivity index (χ1n) is 7.44. The Balaban J connectivity index is 0.00000264. The molecular formula is C15H25ClN2O4S. The highest BCUT2D eigenvalue weighted by Crippen LogP contribution is 2.37. The lowest BCUT2D eigenvalue weighted by molar-refractivity contribution is 0.166. The lowest BCUT2D eigenvalue weighted by atomic mass is 10.0. The molecule has 1 aromatic rings. The van der Waals surface area contributed by atoms with Crippen LogP contribution in [0.5, 0.6) is 11.5 Å². The Morgan fingerprint density at radius 1 is 1.26 bits per heavy atom. The predicted molar refractivity (Wildman–Crippen MR) is 91.9 cm³/mol. The number of nitrogens with zero attached hydrogens (tertiary/aromatic N) is 1. The fourth-order valence-corrected chi connectivity index (χ4v) is 3.53. The second kappa shape index (κ2) is 8.19. The highest BCUT2D eigenvalue weighted by molar-refractivity contribution is 7.89. The van der Waals surface area contributed by atoms with Crippen molar-refractivity contribution < 1.29 is 17.9 Å². The molecule has 1 aliphatic heterocycles. The van der Waals surface area contributed by atoms with Crippen LogP contribution in [0.15, 0.2) is 23.1 Å². The van der Waals surface area contributed by atoms with Crippen molar-refractivity contribution in [1.29, 1.82) is 0 Å². The first-order chi connectivity index (χ1) is 10.3. The maximum absolute atomic E-state index is 12.7. The van der Waals surface area contributed by atoms with Crippen molar-refractivity contribution in [3.63, 3.8) is 0 Å². The van der Waals surface area contributed by atoms with Gasteiger partial charge in [0.05, 0.1) is 0 Å². The third kappa shape index (κ3) is 4.50. The van der Waals surface area contributed by atoms with E-state index in [2.05, 4.69) is 0 Å². The van der Waals surface area contributed by atoms with Crippen LogP contribution >= 0.6 is 12.4 Å². The minimum absolute atomic E-state index is 0. The fourth-order valence-electron chi connectivity index (χ4n) is 2.20. The van der Waals surface area contributed by atoms with Crippen molar-refractivity contribution in [3.8, 4) is 11.5 Å². The van der Waals surface area contributed by atoms with E-state index < -0.39 is 10.0 Å². The van der Waals surface area contributed by atoms with Gasteiger partial charge in [-0.2, -0.15) is 0 Å². The van der Waals surface area contributed by atoms with E-state index >= 15 is 0 Å². The molecule has 0 saturated heterocycles. The summed E-state index contributed by atoms with van der Waals surface area (Å²) in [6, 6.07) is 4.89. The van der Waals surface area contributed by atoms with E-state index in [1.807, 2.05) is 13.8 Å². The zero-order chi connectivity index (χ0) is 16.3. The molecule has 2 N–H and O–H groups in total. The number of hydrogen-bond acceptors (Lipinski definition) is 5. The lowest BCUT2D eigenvalue weighted by Gasteiger charge is -2.24. The second-order valence-corrected chi connectivity index (χ2v) is 7.82. The number of para-hydroxylation sites is 1. The van der Waals surface area contributed by atoms with Gasteiger partial charge in [0.1, 0.15) is 18.1 Å². The van der Waals surface area contributed by atoms with Crippen LogP contribution in [-0.4, -0.2) is 45.6 Å². The molecule has 2 rings (SSSR count). The summed E-state index contributed by atoms with van der Waals surface area (Å²) >= 11 is 0. The first-order valence-corrected chi connectivity index (χ1v) is 8.88. The van der Waals surface area contributed by atoms with Gasteiger partial charge < -0.3 is 15.2 Å². The number of benzene rings is 1. The summed E-state index contributed by atoms with van der Waals surface area (Å²) in [5, 5.41) is 0. The quantitative estimate of drug-likeness (QED) is 0.833. The lowest BCUT2D eigenvalue weighted by Crippen LogP contribution is -2.35. The normalized spacial score (nSPS) is 15.4. The highest BCUT2D eigenvalue weighted by atomic mass is 35.5. The zero-order valence-electron chi connectivity index (χ0n) is 13.7. The minimum atomic E-state index is -3.63. The van der Waals surface area contributed by atoms with Gasteiger partial charge in [-0.05, 0) is 24.5 Å². The summed E-state index contributed by atoms with van der Waals surface area (Å²) in [5.41, 5.74) is 5.99. The summed E-state index contributed by atoms with van der Waals surface area (Å²) < 4.78 is 37.7. The molecule has 1 atom stereocenters. The van der Waals surface area contributed by atoms with E-state index in [1.165, 1.54) is 4.31 Å². The van der Waals surface area contributed by atoms with Crippen molar-refractivity contribution in [3.05, 3.63) is 18.2 Å². The fraction of sp³-hybridized carbons (Fsp3) is 0.600. The summed E-state index contributed by atoms with van der Waals surface area (Å²) in [6.07, 6.45) is 0.611. The van der Waals surface area contributed by atoms with E-state index in [1.54, 1.807) is 25.2 Å². The zero-order valence-corrected chi connectivity index (χ0v) is 15.3. The van der Waals surface area contributed by atoms with Crippen molar-refractivity contribution in [1.82, 2.24) is 4.31 Å². The molecule has 1 aromatic carbocycles. The van der Waals surface area contributed by atoms with Crippen LogP contribution in [0.4, 0.5) is 0 Å². The molecule has 1 aliphatic rings. The molecule has 23 heavy (non-hydrogen) atoms. The van der Waals surface area contributed by atoms with Crippen LogP contribution in [0.3, 0.4) is 0 Å². The van der Waals surface area contributed by atoms with Gasteiger partial charge in [-0.15, -0.1) is 12.4 Å². The Hall–Kier alpha value is -1.02. The van der Waals surface area contributed by atoms with Crippen molar-refractivity contribution >= 4 is 22.4 Å². The van der Waals surface area contributed by atoms with E-state index in [0.29, 0.717) is 43.6 Å². The highest BCUT2D eigenvalue weighted by Gasteiger charge is 2.28. The number of hydrogen-bond donors (Lipinski definition) is 1. The molecule has 0 aromatic heterocycles. The molecule has 8 heteroatoms. The molecule has 0 amide bonds. The number of rotatable bonds is 6. The van der Waals surface area contributed by atoms with Crippen LogP contribution in [0, 0.1) is 5.92 Å². The molecule has 0 radical (unpaired) electrons. The van der Waals surface area contributed by atoms with Crippen molar-refractivity contribution in [2.75, 3.05) is 26.8 Å². The van der Waals surface area contributed by atoms with Crippen LogP contribution in [0.25, 0.3) is 0 Å². The molecule has 1 heterocycles. The molecule has 0 aliphatic carbocycles. The predicted octanol–water partition coefficient (Wildman–Crippen LogP) is 1.87. The smallest absolute Gasteiger partial charge is 0.246 e. The SMILES string of the molecule is CC(C)C(N)CCN(C)S(=O)(=O)c1cccc2c1OCCO2.Cl. The first kappa shape index (κ1) is 20.0. The van der Waals surface area contributed by atoms with Gasteiger partial charge >= 0.3 is 0 Å². The van der Waals surface area contributed by atoms with E-state index in [0.717, 1.165) is 0 Å². The Kier molecular flexibility index (Phi) is 7.13. The Bertz CT molecular complexity index is 622. The van der Waals surface area contributed by atoms with Crippen molar-refractivity contribution in [2.45, 2.75) is 31.2 Å². The van der Waals surface area contributed by atoms with E-state index in [4.69, 9.17) is 15.2 Å². The van der Waals surface area contributed by atoms with Gasteiger partial charge in [-0.3, -0.25) is 0 Å². The minimum Gasteiger partial charge on any atom is -0.486 e. The Morgan fingerprint density at radius 3 is 2.57 bits per heavy atom. The Labute approximate surface area is 144 Å². The standard InChI is InChI=1S/C15H24N2O4S.ClH/c1-11(2)12(16)7-8-17(3)22(18,19)14-6-4-5-13-15(14)21-10-9-20-13;/h4-6,11-12H,7-10,16H2,1-3H3;1H. The maximum Gasteiger partial charge on any atom is 0.246 e. The number of ether oxygens (including phenoxy) is 2. The summed E-state index contributed by atoms with van der Waals surface area (Å²) in [7, 11) is -2.07. The number of halogens is 1. The molecule has 6 nitrogen and oxygen atoms in total. The van der Waals surface area contributed by atoms with Gasteiger partial charge in [-0.25, -0.2) is 12.7 Å². The second-order valence-electron chi connectivity index (χ2n) is 5.80. The number of fused-ring (bicyclic) bond motifs is 1. The van der Waals surface area contributed by atoms with Gasteiger partial charge in [0.15, 0.2) is 11.5 Å². The largest absolute Gasteiger partial charge is 0.486 e. The van der Waals surface area contributed by atoms with Crippen LogP contribution in [-0.2, 0) is 10.0 Å². The van der Waals surface area contributed by atoms with Gasteiger partial charge in [0.2, 0.25) is 10.0 Å². The topological polar surface area (TPSA) is 81.9 Å². The van der Waals surface area contributed by atoms with Gasteiger partial charge in [0.25, 0.3) is 0 Å². The van der Waals surface area contributed by atoms with Gasteiger partial charge in [0, 0.05) is 19.6 Å². The summed E-state index contributed by atoms with van der Waals surface area (Å²) in [5.74, 6) is 1.09. The number of nitrogens with two attached hydrogens (primary N) is 1. The molecule has 1 unspecified atom stereocenters. The molecule has 0 saturated carbocycles. The van der Waals surface area contributed by atoms with Crippen molar-refractivity contribution in [2.24, 2.45) is 11.7 Å². The number of sulfonamides is 1. The van der Waals surface area contributed by atoms with E-state index in [-0.39, 0.29) is 23.3 Å². The third-order valence-electron chi connectivity index (χ3n) is 3.85. The average molecular weight is 365 g/mol. The Morgan fingerprint density at radius 2 is 1.91 bits per heavy atom. The molecule has 0 spiro atoms. The maximum atomic E-state index is 12.7. The monoisotopic (exact) mass is 364 g/mol. The molecule has 0 fully saturated rings. The van der Waals surface area contributed by atoms with Crippen LogP contribution in [0.1, 0.15) is 20.3 Å². The van der Waals surface area contributed by atoms with Crippen LogP contribution < -0.4 is 15.2 Å².